The number of nitrogens with one attached hydrogen (secondary N) is 2. The Morgan fingerprint density at radius 3 is 2.56 bits per heavy atom. The third-order valence-electron chi connectivity index (χ3n) is 5.19. The van der Waals surface area contributed by atoms with Crippen molar-refractivity contribution in [1.29, 1.82) is 0 Å². The van der Waals surface area contributed by atoms with Gasteiger partial charge in [-0.05, 0) is 79.4 Å². The van der Waals surface area contributed by atoms with Gasteiger partial charge in [-0.3, -0.25) is 14.5 Å². The first-order valence-electron chi connectivity index (χ1n) is 10.7. The molecule has 9 heteroatoms. The molecule has 1 aliphatic heterocycles. The quantitative estimate of drug-likeness (QED) is 0.477. The molecular formula is C25H25N3O4S2. The van der Waals surface area contributed by atoms with Crippen LogP contribution in [0.3, 0.4) is 0 Å². The van der Waals surface area contributed by atoms with Crippen LogP contribution in [0.1, 0.15) is 17.5 Å². The lowest BCUT2D eigenvalue weighted by atomic mass is 10.1. The molecule has 176 valence electrons. The molecule has 1 aliphatic rings. The Bertz CT molecular complexity index is 1320. The van der Waals surface area contributed by atoms with Crippen molar-refractivity contribution in [2.75, 3.05) is 17.3 Å². The van der Waals surface area contributed by atoms with Gasteiger partial charge in [-0.25, -0.2) is 8.42 Å². The van der Waals surface area contributed by atoms with E-state index in [9.17, 15) is 13.2 Å². The molecule has 0 aliphatic carbocycles. The minimum Gasteiger partial charge on any atom is -0.457 e. The molecule has 4 rings (SSSR count). The van der Waals surface area contributed by atoms with Crippen LogP contribution in [0.2, 0.25) is 0 Å². The van der Waals surface area contributed by atoms with Crippen molar-refractivity contribution in [2.45, 2.75) is 24.3 Å². The molecule has 0 spiro atoms. The predicted octanol–water partition coefficient (Wildman–Crippen LogP) is 4.59. The molecule has 7 nitrogen and oxygen atoms in total. The van der Waals surface area contributed by atoms with E-state index in [0.717, 1.165) is 11.3 Å². The number of benzene rings is 3. The minimum absolute atomic E-state index is 0.168. The molecule has 1 atom stereocenters. The monoisotopic (exact) mass is 495 g/mol. The van der Waals surface area contributed by atoms with Crippen molar-refractivity contribution in [2.24, 2.45) is 4.99 Å². The first-order valence-corrected chi connectivity index (χ1v) is 13.6. The van der Waals surface area contributed by atoms with Crippen molar-refractivity contribution < 1.29 is 17.9 Å². The van der Waals surface area contributed by atoms with Crippen LogP contribution in [0.5, 0.6) is 11.5 Å². The summed E-state index contributed by atoms with van der Waals surface area (Å²) in [6.07, 6.45) is 2.41. The van der Waals surface area contributed by atoms with Crippen LogP contribution in [0.15, 0.2) is 82.7 Å². The van der Waals surface area contributed by atoms with Gasteiger partial charge in [0.05, 0.1) is 4.90 Å². The molecule has 2 N–H and O–H groups in total. The van der Waals surface area contributed by atoms with Gasteiger partial charge >= 0.3 is 0 Å². The lowest BCUT2D eigenvalue weighted by Gasteiger charge is -2.14. The maximum atomic E-state index is 13.1. The summed E-state index contributed by atoms with van der Waals surface area (Å²) in [5, 5.41) is 2.88. The van der Waals surface area contributed by atoms with Gasteiger partial charge in [-0.15, -0.1) is 0 Å². The number of aryl methyl sites for hydroxylation is 1. The van der Waals surface area contributed by atoms with Crippen LogP contribution in [0.25, 0.3) is 0 Å². The largest absolute Gasteiger partial charge is 0.457 e. The zero-order valence-electron chi connectivity index (χ0n) is 18.8. The van der Waals surface area contributed by atoms with Crippen molar-refractivity contribution in [1.82, 2.24) is 4.72 Å². The molecule has 3 aromatic carbocycles. The van der Waals surface area contributed by atoms with E-state index in [1.807, 2.05) is 37.4 Å². The second-order valence-corrected chi connectivity index (χ2v) is 10.4. The van der Waals surface area contributed by atoms with Gasteiger partial charge in [0, 0.05) is 11.3 Å². The summed E-state index contributed by atoms with van der Waals surface area (Å²) in [5.74, 6) is 1.98. The van der Waals surface area contributed by atoms with Gasteiger partial charge in [0.15, 0.2) is 0 Å². The highest BCUT2D eigenvalue weighted by molar-refractivity contribution is 7.98. The Kier molecular flexibility index (Phi) is 7.23. The summed E-state index contributed by atoms with van der Waals surface area (Å²) in [6, 6.07) is 20.7. The summed E-state index contributed by atoms with van der Waals surface area (Å²) in [6.45, 7) is 2.00. The van der Waals surface area contributed by atoms with Crippen molar-refractivity contribution in [3.05, 3.63) is 83.9 Å². The van der Waals surface area contributed by atoms with E-state index >= 15 is 0 Å². The second-order valence-electron chi connectivity index (χ2n) is 7.81. The number of sulfonamides is 1. The van der Waals surface area contributed by atoms with E-state index in [-0.39, 0.29) is 16.6 Å². The molecular weight excluding hydrogens is 470 g/mol. The smallest absolute Gasteiger partial charge is 0.263 e. The van der Waals surface area contributed by atoms with Crippen LogP contribution in [-0.2, 0) is 14.8 Å². The second kappa shape index (κ2) is 10.3. The number of carbonyl (C=O) groups excluding carboxylic acids is 1. The van der Waals surface area contributed by atoms with E-state index in [0.29, 0.717) is 29.2 Å². The summed E-state index contributed by atoms with van der Waals surface area (Å²) < 4.78 is 33.1. The average Bonchev–Trinajstić information content (AvgIpc) is 3.08. The highest BCUT2D eigenvalue weighted by Gasteiger charge is 2.31. The van der Waals surface area contributed by atoms with E-state index < -0.39 is 16.1 Å². The number of amides is 1. The molecule has 0 fully saturated rings. The lowest BCUT2D eigenvalue weighted by Crippen LogP contribution is -2.31. The fourth-order valence-electron chi connectivity index (χ4n) is 3.52. The Morgan fingerprint density at radius 1 is 1.06 bits per heavy atom. The Hall–Kier alpha value is -3.30. The molecule has 0 saturated carbocycles. The molecule has 0 aromatic heterocycles. The first kappa shape index (κ1) is 23.8. The Balaban J connectivity index is 1.50. The maximum absolute atomic E-state index is 13.1. The number of amidine groups is 1. The zero-order chi connectivity index (χ0) is 24.1. The number of ether oxygens (including phenoxy) is 1. The third-order valence-corrected chi connectivity index (χ3v) is 7.23. The van der Waals surface area contributed by atoms with E-state index in [2.05, 4.69) is 15.0 Å². The summed E-state index contributed by atoms with van der Waals surface area (Å²) >= 11 is 1.60. The number of anilines is 1. The molecule has 1 heterocycles. The fourth-order valence-corrected chi connectivity index (χ4v) is 5.21. The number of nitrogens with zero attached hydrogens (tertiary/aromatic N) is 1. The average molecular weight is 496 g/mol. The molecule has 0 unspecified atom stereocenters. The number of hydrogen-bond acceptors (Lipinski definition) is 6. The third kappa shape index (κ3) is 5.60. The highest BCUT2D eigenvalue weighted by Crippen LogP contribution is 2.25. The van der Waals surface area contributed by atoms with Gasteiger partial charge < -0.3 is 10.1 Å². The number of aliphatic imine (C=N–C) groups is 1. The number of hydrogen-bond donors (Lipinski definition) is 2. The predicted molar refractivity (Wildman–Crippen MR) is 136 cm³/mol. The number of carbonyl (C=O) groups is 1. The molecule has 0 radical (unpaired) electrons. The summed E-state index contributed by atoms with van der Waals surface area (Å²) in [5.41, 5.74) is 2.18. The van der Waals surface area contributed by atoms with E-state index in [1.54, 1.807) is 54.2 Å². The van der Waals surface area contributed by atoms with Crippen LogP contribution >= 0.6 is 11.8 Å². The standard InChI is InChI=1S/C25H25N3O4S2/c1-17-6-5-7-20(16-17)32-19-12-10-18(11-13-19)26-25(29)22(14-15-33-2)27-24-21-8-3-4-9-23(21)34(30,31)28-24/h3-13,16,22H,14-15H2,1-2H3,(H,26,29)(H,27,28)/t22-/m0/s1. The van der Waals surface area contributed by atoms with Crippen LogP contribution in [0.4, 0.5) is 5.69 Å². The van der Waals surface area contributed by atoms with Crippen LogP contribution in [-0.4, -0.2) is 38.2 Å². The molecule has 0 bridgehead atoms. The number of rotatable bonds is 8. The van der Waals surface area contributed by atoms with Gasteiger partial charge in [-0.1, -0.05) is 24.3 Å². The zero-order valence-corrected chi connectivity index (χ0v) is 20.4. The van der Waals surface area contributed by atoms with Crippen molar-refractivity contribution in [3.63, 3.8) is 0 Å². The number of fused-ring (bicyclic) bond motifs is 1. The van der Waals surface area contributed by atoms with Crippen molar-refractivity contribution >= 4 is 39.2 Å². The van der Waals surface area contributed by atoms with Crippen LogP contribution in [0, 0.1) is 6.92 Å². The SMILES string of the molecule is CSCC[C@H](N=C1NS(=O)(=O)c2ccccc21)C(=O)Nc1ccc(Oc2cccc(C)c2)cc1. The summed E-state index contributed by atoms with van der Waals surface area (Å²) in [4.78, 5) is 17.7. The first-order chi connectivity index (χ1) is 16.4. The van der Waals surface area contributed by atoms with Gasteiger partial charge in [-0.2, -0.15) is 11.8 Å². The highest BCUT2D eigenvalue weighted by atomic mass is 32.2. The van der Waals surface area contributed by atoms with Gasteiger partial charge in [0.2, 0.25) is 5.91 Å². The van der Waals surface area contributed by atoms with Gasteiger partial charge in [0.25, 0.3) is 10.0 Å². The number of thioether (sulfide) groups is 1. The normalized spacial score (nSPS) is 15.9. The lowest BCUT2D eigenvalue weighted by molar-refractivity contribution is -0.117. The Labute approximate surface area is 203 Å². The molecule has 3 aromatic rings. The van der Waals surface area contributed by atoms with E-state index in [1.165, 1.54) is 6.07 Å². The summed E-state index contributed by atoms with van der Waals surface area (Å²) in [7, 11) is -3.67. The molecule has 1 amide bonds. The van der Waals surface area contributed by atoms with E-state index in [4.69, 9.17) is 4.74 Å². The Morgan fingerprint density at radius 2 is 1.82 bits per heavy atom. The molecule has 0 saturated heterocycles. The van der Waals surface area contributed by atoms with Gasteiger partial charge in [0.1, 0.15) is 23.4 Å². The van der Waals surface area contributed by atoms with Crippen LogP contribution < -0.4 is 14.8 Å². The fraction of sp³-hybridized carbons (Fsp3) is 0.200. The topological polar surface area (TPSA) is 96.9 Å². The minimum atomic E-state index is -3.67. The molecule has 34 heavy (non-hydrogen) atoms. The van der Waals surface area contributed by atoms with Crippen molar-refractivity contribution in [3.8, 4) is 11.5 Å². The maximum Gasteiger partial charge on any atom is 0.263 e.